The van der Waals surface area contributed by atoms with Crippen molar-refractivity contribution in [2.75, 3.05) is 0 Å². The van der Waals surface area contributed by atoms with Gasteiger partial charge in [0.2, 0.25) is 0 Å². The number of aryl methyl sites for hydroxylation is 1. The van der Waals surface area contributed by atoms with Crippen molar-refractivity contribution in [1.29, 1.82) is 0 Å². The predicted octanol–water partition coefficient (Wildman–Crippen LogP) is 3.78. The highest BCUT2D eigenvalue weighted by Gasteiger charge is 2.30. The standard InChI is InChI=1S/C12H20N2S/c1-8(2)10-6-4-5-7-11(10)12-13-9(3)14-15-12/h8,10-11H,4-7H2,1-3H3. The van der Waals surface area contributed by atoms with Gasteiger partial charge in [0.25, 0.3) is 0 Å². The largest absolute Gasteiger partial charge is 0.225 e. The van der Waals surface area contributed by atoms with Crippen LogP contribution in [0.1, 0.15) is 56.3 Å². The maximum atomic E-state index is 4.57. The van der Waals surface area contributed by atoms with Crippen molar-refractivity contribution >= 4 is 11.5 Å². The molecule has 1 fully saturated rings. The highest BCUT2D eigenvalue weighted by molar-refractivity contribution is 7.05. The second-order valence-electron chi connectivity index (χ2n) is 4.98. The highest BCUT2D eigenvalue weighted by atomic mass is 32.1. The van der Waals surface area contributed by atoms with Gasteiger partial charge in [-0.2, -0.15) is 4.37 Å². The Morgan fingerprint density at radius 3 is 2.60 bits per heavy atom. The summed E-state index contributed by atoms with van der Waals surface area (Å²) in [6.07, 6.45) is 5.46. The van der Waals surface area contributed by atoms with Crippen LogP contribution in [0.5, 0.6) is 0 Å². The van der Waals surface area contributed by atoms with Crippen molar-refractivity contribution in [1.82, 2.24) is 9.36 Å². The normalized spacial score (nSPS) is 27.2. The molecule has 0 aliphatic heterocycles. The minimum atomic E-state index is 0.685. The van der Waals surface area contributed by atoms with E-state index in [1.54, 1.807) is 11.5 Å². The molecular weight excluding hydrogens is 204 g/mol. The zero-order chi connectivity index (χ0) is 10.8. The summed E-state index contributed by atoms with van der Waals surface area (Å²) >= 11 is 1.62. The van der Waals surface area contributed by atoms with E-state index in [0.717, 1.165) is 17.7 Å². The Morgan fingerprint density at radius 2 is 2.00 bits per heavy atom. The van der Waals surface area contributed by atoms with Gasteiger partial charge in [-0.1, -0.05) is 26.7 Å². The van der Waals surface area contributed by atoms with Gasteiger partial charge in [0.15, 0.2) is 0 Å². The van der Waals surface area contributed by atoms with Gasteiger partial charge in [-0.05, 0) is 43.1 Å². The molecule has 1 aromatic rings. The molecular formula is C12H20N2S. The van der Waals surface area contributed by atoms with Crippen LogP contribution in [-0.2, 0) is 0 Å². The second-order valence-corrected chi connectivity index (χ2v) is 5.76. The van der Waals surface area contributed by atoms with Crippen molar-refractivity contribution in [3.8, 4) is 0 Å². The molecule has 0 saturated heterocycles. The first-order chi connectivity index (χ1) is 7.18. The van der Waals surface area contributed by atoms with Crippen LogP contribution in [0, 0.1) is 18.8 Å². The summed E-state index contributed by atoms with van der Waals surface area (Å²) in [4.78, 5) is 4.57. The first kappa shape index (κ1) is 11.1. The molecule has 2 rings (SSSR count). The number of aromatic nitrogens is 2. The SMILES string of the molecule is Cc1nsc(C2CCCCC2C(C)C)n1. The van der Waals surface area contributed by atoms with Gasteiger partial charge in [-0.25, -0.2) is 4.98 Å². The minimum absolute atomic E-state index is 0.685. The van der Waals surface area contributed by atoms with Gasteiger partial charge in [0.05, 0.1) is 0 Å². The molecule has 1 aliphatic rings. The first-order valence-corrected chi connectivity index (χ1v) is 6.76. The van der Waals surface area contributed by atoms with Crippen LogP contribution in [0.25, 0.3) is 0 Å². The van der Waals surface area contributed by atoms with Gasteiger partial charge in [-0.3, -0.25) is 0 Å². The van der Waals surface area contributed by atoms with Crippen LogP contribution < -0.4 is 0 Å². The molecule has 1 aliphatic carbocycles. The average molecular weight is 224 g/mol. The van der Waals surface area contributed by atoms with Crippen LogP contribution in [0.4, 0.5) is 0 Å². The third kappa shape index (κ3) is 2.39. The van der Waals surface area contributed by atoms with Crippen LogP contribution in [0.3, 0.4) is 0 Å². The molecule has 0 amide bonds. The lowest BCUT2D eigenvalue weighted by Gasteiger charge is -2.32. The van der Waals surface area contributed by atoms with E-state index >= 15 is 0 Å². The molecule has 2 nitrogen and oxygen atoms in total. The third-order valence-corrected chi connectivity index (χ3v) is 4.47. The van der Waals surface area contributed by atoms with Crippen molar-refractivity contribution in [2.45, 2.75) is 52.4 Å². The third-order valence-electron chi connectivity index (χ3n) is 3.54. The Bertz CT molecular complexity index is 319. The zero-order valence-corrected chi connectivity index (χ0v) is 10.7. The molecule has 3 heteroatoms. The fraction of sp³-hybridized carbons (Fsp3) is 0.833. The predicted molar refractivity (Wildman–Crippen MR) is 64.2 cm³/mol. The number of rotatable bonds is 2. The minimum Gasteiger partial charge on any atom is -0.225 e. The number of hydrogen-bond donors (Lipinski definition) is 0. The van der Waals surface area contributed by atoms with Gasteiger partial charge in [0, 0.05) is 5.92 Å². The van der Waals surface area contributed by atoms with Gasteiger partial charge >= 0.3 is 0 Å². The van der Waals surface area contributed by atoms with Gasteiger partial charge < -0.3 is 0 Å². The average Bonchev–Trinajstić information content (AvgIpc) is 2.65. The van der Waals surface area contributed by atoms with E-state index in [9.17, 15) is 0 Å². The Balaban J connectivity index is 2.17. The molecule has 0 bridgehead atoms. The van der Waals surface area contributed by atoms with Crippen molar-refractivity contribution in [3.05, 3.63) is 10.8 Å². The summed E-state index contributed by atoms with van der Waals surface area (Å²) in [6.45, 7) is 6.68. The Hall–Kier alpha value is -0.440. The van der Waals surface area contributed by atoms with Gasteiger partial charge in [-0.15, -0.1) is 0 Å². The molecule has 2 atom stereocenters. The van der Waals surface area contributed by atoms with E-state index in [2.05, 4.69) is 23.2 Å². The molecule has 0 radical (unpaired) electrons. The fourth-order valence-corrected chi connectivity index (χ4v) is 3.60. The summed E-state index contributed by atoms with van der Waals surface area (Å²) in [7, 11) is 0. The maximum Gasteiger partial charge on any atom is 0.139 e. The lowest BCUT2D eigenvalue weighted by atomic mass is 9.74. The van der Waals surface area contributed by atoms with Crippen molar-refractivity contribution < 1.29 is 0 Å². The first-order valence-electron chi connectivity index (χ1n) is 5.98. The molecule has 1 aromatic heterocycles. The van der Waals surface area contributed by atoms with E-state index in [1.807, 2.05) is 6.92 Å². The zero-order valence-electron chi connectivity index (χ0n) is 9.86. The van der Waals surface area contributed by atoms with E-state index in [4.69, 9.17) is 0 Å². The molecule has 0 spiro atoms. The summed E-state index contributed by atoms with van der Waals surface area (Å²) < 4.78 is 4.32. The molecule has 0 aromatic carbocycles. The monoisotopic (exact) mass is 224 g/mol. The van der Waals surface area contributed by atoms with Crippen molar-refractivity contribution in [2.24, 2.45) is 11.8 Å². The van der Waals surface area contributed by atoms with Crippen molar-refractivity contribution in [3.63, 3.8) is 0 Å². The molecule has 1 heterocycles. The fourth-order valence-electron chi connectivity index (χ4n) is 2.73. The molecule has 15 heavy (non-hydrogen) atoms. The summed E-state index contributed by atoms with van der Waals surface area (Å²) in [6, 6.07) is 0. The molecule has 0 N–H and O–H groups in total. The number of hydrogen-bond acceptors (Lipinski definition) is 3. The molecule has 2 unspecified atom stereocenters. The maximum absolute atomic E-state index is 4.57. The topological polar surface area (TPSA) is 25.8 Å². The van der Waals surface area contributed by atoms with Crippen LogP contribution in [0.15, 0.2) is 0 Å². The lowest BCUT2D eigenvalue weighted by Crippen LogP contribution is -2.22. The van der Waals surface area contributed by atoms with Crippen LogP contribution in [-0.4, -0.2) is 9.36 Å². The number of nitrogens with zero attached hydrogens (tertiary/aromatic N) is 2. The summed E-state index contributed by atoms with van der Waals surface area (Å²) in [5, 5.41) is 1.28. The van der Waals surface area contributed by atoms with Gasteiger partial charge in [0.1, 0.15) is 10.8 Å². The van der Waals surface area contributed by atoms with Crippen LogP contribution in [0.2, 0.25) is 0 Å². The lowest BCUT2D eigenvalue weighted by molar-refractivity contribution is 0.238. The Kier molecular flexibility index (Phi) is 3.39. The summed E-state index contributed by atoms with van der Waals surface area (Å²) in [5.74, 6) is 3.23. The Morgan fingerprint density at radius 1 is 1.27 bits per heavy atom. The summed E-state index contributed by atoms with van der Waals surface area (Å²) in [5.41, 5.74) is 0. The van der Waals surface area contributed by atoms with E-state index in [-0.39, 0.29) is 0 Å². The van der Waals surface area contributed by atoms with E-state index in [1.165, 1.54) is 30.7 Å². The smallest absolute Gasteiger partial charge is 0.139 e. The van der Waals surface area contributed by atoms with Crippen LogP contribution >= 0.6 is 11.5 Å². The second kappa shape index (κ2) is 4.60. The molecule has 84 valence electrons. The van der Waals surface area contributed by atoms with E-state index < -0.39 is 0 Å². The quantitative estimate of drug-likeness (QED) is 0.764. The molecule has 1 saturated carbocycles. The van der Waals surface area contributed by atoms with E-state index in [0.29, 0.717) is 5.92 Å². The Labute approximate surface area is 96.3 Å². The highest BCUT2D eigenvalue weighted by Crippen LogP contribution is 2.41.